The van der Waals surface area contributed by atoms with E-state index >= 15 is 0 Å². The van der Waals surface area contributed by atoms with Gasteiger partial charge in [0.1, 0.15) is 11.8 Å². The highest BCUT2D eigenvalue weighted by Crippen LogP contribution is 2.27. The Morgan fingerprint density at radius 3 is 2.96 bits per heavy atom. The van der Waals surface area contributed by atoms with Gasteiger partial charge in [-0.1, -0.05) is 0 Å². The number of halogens is 1. The van der Waals surface area contributed by atoms with Crippen molar-refractivity contribution in [1.29, 1.82) is 5.26 Å². The number of hydrogen-bond acceptors (Lipinski definition) is 5. The molecule has 0 saturated carbocycles. The molecule has 0 aliphatic carbocycles. The molecule has 2 aromatic rings. The van der Waals surface area contributed by atoms with Crippen molar-refractivity contribution in [1.82, 2.24) is 10.4 Å². The van der Waals surface area contributed by atoms with Crippen molar-refractivity contribution in [2.75, 3.05) is 13.7 Å². The van der Waals surface area contributed by atoms with Crippen molar-refractivity contribution >= 4 is 28.1 Å². The van der Waals surface area contributed by atoms with Gasteiger partial charge in [0, 0.05) is 10.7 Å². The van der Waals surface area contributed by atoms with Gasteiger partial charge in [0.25, 0.3) is 5.91 Å². The van der Waals surface area contributed by atoms with Crippen molar-refractivity contribution < 1.29 is 14.3 Å². The van der Waals surface area contributed by atoms with Gasteiger partial charge >= 0.3 is 0 Å². The largest absolute Gasteiger partial charge is 0.493 e. The fraction of sp³-hybridized carbons (Fsp3) is 0.133. The number of nitriles is 1. The molecule has 0 bridgehead atoms. The van der Waals surface area contributed by atoms with Gasteiger partial charge in [0.2, 0.25) is 0 Å². The van der Waals surface area contributed by atoms with Crippen LogP contribution in [0.3, 0.4) is 0 Å². The topological polar surface area (TPSA) is 99.5 Å². The fourth-order valence-corrected chi connectivity index (χ4v) is 2.06. The third-order valence-corrected chi connectivity index (χ3v) is 3.21. The summed E-state index contributed by atoms with van der Waals surface area (Å²) in [4.78, 5) is 14.6. The Morgan fingerprint density at radius 1 is 1.48 bits per heavy atom. The van der Waals surface area contributed by atoms with Gasteiger partial charge in [-0.3, -0.25) is 4.79 Å². The second kappa shape index (κ2) is 8.00. The van der Waals surface area contributed by atoms with Crippen LogP contribution in [0.1, 0.15) is 16.1 Å². The molecule has 118 valence electrons. The Labute approximate surface area is 141 Å². The fourth-order valence-electron chi connectivity index (χ4n) is 1.72. The molecule has 7 nitrogen and oxygen atoms in total. The third kappa shape index (κ3) is 4.59. The zero-order valence-electron chi connectivity index (χ0n) is 12.2. The lowest BCUT2D eigenvalue weighted by atomic mass is 10.2. The molecule has 0 aliphatic heterocycles. The standard InChI is InChI=1S/C15H13BrN4O3/c1-22-14-6-10(2-3-13(14)23-5-4-17)8-19-20-15(21)12-7-11(16)9-18-12/h2-3,6-9,18H,5H2,1H3,(H,20,21)/b19-8-. The number of rotatable bonds is 6. The molecule has 0 spiro atoms. The third-order valence-electron chi connectivity index (χ3n) is 2.75. The molecule has 1 amide bonds. The smallest absolute Gasteiger partial charge is 0.287 e. The number of aromatic nitrogens is 1. The van der Waals surface area contributed by atoms with E-state index in [1.165, 1.54) is 13.3 Å². The molecule has 1 heterocycles. The van der Waals surface area contributed by atoms with Gasteiger partial charge in [-0.2, -0.15) is 10.4 Å². The van der Waals surface area contributed by atoms with Gasteiger partial charge < -0.3 is 14.5 Å². The van der Waals surface area contributed by atoms with E-state index in [-0.39, 0.29) is 12.5 Å². The molecule has 2 N–H and O–H groups in total. The molecule has 2 rings (SSSR count). The van der Waals surface area contributed by atoms with Crippen LogP contribution in [-0.2, 0) is 0 Å². The summed E-state index contributed by atoms with van der Waals surface area (Å²) in [6.45, 7) is -0.0639. The molecule has 0 aliphatic rings. The summed E-state index contributed by atoms with van der Waals surface area (Å²) < 4.78 is 11.2. The predicted octanol–water partition coefficient (Wildman–Crippen LogP) is 2.45. The molecule has 0 radical (unpaired) electrons. The van der Waals surface area contributed by atoms with Crippen molar-refractivity contribution in [3.8, 4) is 17.6 Å². The van der Waals surface area contributed by atoms with E-state index in [0.717, 1.165) is 4.47 Å². The number of hydrogen-bond donors (Lipinski definition) is 2. The molecule has 0 fully saturated rings. The first kappa shape index (κ1) is 16.6. The zero-order chi connectivity index (χ0) is 16.7. The summed E-state index contributed by atoms with van der Waals surface area (Å²) in [6.07, 6.45) is 3.13. The second-order valence-corrected chi connectivity index (χ2v) is 5.20. The maximum Gasteiger partial charge on any atom is 0.287 e. The van der Waals surface area contributed by atoms with Gasteiger partial charge in [-0.25, -0.2) is 5.43 Å². The van der Waals surface area contributed by atoms with E-state index in [2.05, 4.69) is 31.4 Å². The van der Waals surface area contributed by atoms with Gasteiger partial charge in [-0.15, -0.1) is 0 Å². The monoisotopic (exact) mass is 376 g/mol. The Kier molecular flexibility index (Phi) is 5.77. The van der Waals surface area contributed by atoms with Crippen LogP contribution in [0.25, 0.3) is 0 Å². The van der Waals surface area contributed by atoms with E-state index in [4.69, 9.17) is 14.7 Å². The minimum absolute atomic E-state index is 0.0639. The second-order valence-electron chi connectivity index (χ2n) is 4.29. The maximum absolute atomic E-state index is 11.8. The van der Waals surface area contributed by atoms with E-state index in [9.17, 15) is 4.79 Å². The van der Waals surface area contributed by atoms with E-state index in [1.54, 1.807) is 30.5 Å². The van der Waals surface area contributed by atoms with Gasteiger partial charge in [0.05, 0.1) is 13.3 Å². The van der Waals surface area contributed by atoms with Crippen molar-refractivity contribution in [2.45, 2.75) is 0 Å². The molecule has 23 heavy (non-hydrogen) atoms. The normalized spacial score (nSPS) is 10.3. The van der Waals surface area contributed by atoms with Crippen LogP contribution >= 0.6 is 15.9 Å². The number of methoxy groups -OCH3 is 1. The van der Waals surface area contributed by atoms with Crippen LogP contribution in [0.2, 0.25) is 0 Å². The first-order valence-electron chi connectivity index (χ1n) is 6.49. The van der Waals surface area contributed by atoms with Crippen molar-refractivity contribution in [3.05, 3.63) is 46.2 Å². The van der Waals surface area contributed by atoms with E-state index < -0.39 is 0 Å². The number of ether oxygens (including phenoxy) is 2. The maximum atomic E-state index is 11.8. The summed E-state index contributed by atoms with van der Waals surface area (Å²) in [5, 5.41) is 12.4. The van der Waals surface area contributed by atoms with Crippen LogP contribution in [0.4, 0.5) is 0 Å². The molecular weight excluding hydrogens is 364 g/mol. The summed E-state index contributed by atoms with van der Waals surface area (Å²) in [5.41, 5.74) is 3.51. The van der Waals surface area contributed by atoms with E-state index in [1.807, 2.05) is 6.07 Å². The molecule has 1 aromatic carbocycles. The Bertz CT molecular complexity index is 764. The number of amides is 1. The molecule has 0 unspecified atom stereocenters. The van der Waals surface area contributed by atoms with Crippen LogP contribution in [0.15, 0.2) is 40.0 Å². The highest BCUT2D eigenvalue weighted by Gasteiger charge is 2.07. The number of hydrazone groups is 1. The number of carbonyl (C=O) groups excluding carboxylic acids is 1. The van der Waals surface area contributed by atoms with Crippen LogP contribution in [0, 0.1) is 11.3 Å². The first-order chi connectivity index (χ1) is 11.1. The summed E-state index contributed by atoms with van der Waals surface area (Å²) in [5.74, 6) is 0.586. The van der Waals surface area contributed by atoms with Crippen LogP contribution in [-0.4, -0.2) is 30.8 Å². The summed E-state index contributed by atoms with van der Waals surface area (Å²) in [7, 11) is 1.50. The quantitative estimate of drug-likeness (QED) is 0.597. The number of carbonyl (C=O) groups is 1. The summed E-state index contributed by atoms with van der Waals surface area (Å²) in [6, 6.07) is 8.62. The summed E-state index contributed by atoms with van der Waals surface area (Å²) >= 11 is 3.25. The Balaban J connectivity index is 2.02. The number of H-pyrrole nitrogens is 1. The van der Waals surface area contributed by atoms with Crippen molar-refractivity contribution in [2.24, 2.45) is 5.10 Å². The predicted molar refractivity (Wildman–Crippen MR) is 87.7 cm³/mol. The minimum atomic E-state index is -0.354. The highest BCUT2D eigenvalue weighted by molar-refractivity contribution is 9.10. The van der Waals surface area contributed by atoms with Gasteiger partial charge in [0.15, 0.2) is 18.1 Å². The van der Waals surface area contributed by atoms with E-state index in [0.29, 0.717) is 22.8 Å². The Morgan fingerprint density at radius 2 is 2.30 bits per heavy atom. The lowest BCUT2D eigenvalue weighted by Crippen LogP contribution is -2.17. The number of nitrogens with one attached hydrogen (secondary N) is 2. The molecule has 0 saturated heterocycles. The molecule has 8 heteroatoms. The average molecular weight is 377 g/mol. The van der Waals surface area contributed by atoms with Crippen LogP contribution < -0.4 is 14.9 Å². The lowest BCUT2D eigenvalue weighted by molar-refractivity contribution is 0.0951. The molecule has 1 aromatic heterocycles. The number of benzene rings is 1. The van der Waals surface area contributed by atoms with Crippen LogP contribution in [0.5, 0.6) is 11.5 Å². The number of nitrogens with zero attached hydrogens (tertiary/aromatic N) is 2. The highest BCUT2D eigenvalue weighted by atomic mass is 79.9. The van der Waals surface area contributed by atoms with Gasteiger partial charge in [-0.05, 0) is 45.8 Å². The molecular formula is C15H13BrN4O3. The Hall–Kier alpha value is -2.79. The minimum Gasteiger partial charge on any atom is -0.493 e. The SMILES string of the molecule is COc1cc(/C=N\NC(=O)c2cc(Br)c[nH]2)ccc1OCC#N. The molecule has 0 atom stereocenters. The zero-order valence-corrected chi connectivity index (χ0v) is 13.8. The number of aromatic amines is 1. The first-order valence-corrected chi connectivity index (χ1v) is 7.28. The average Bonchev–Trinajstić information content (AvgIpc) is 3.00. The lowest BCUT2D eigenvalue weighted by Gasteiger charge is -2.08. The van der Waals surface area contributed by atoms with Crippen molar-refractivity contribution in [3.63, 3.8) is 0 Å².